The molecule has 2 N–H and O–H groups in total. The van der Waals surface area contributed by atoms with Crippen molar-refractivity contribution in [2.75, 3.05) is 29.8 Å². The third-order valence-corrected chi connectivity index (χ3v) is 7.82. The second kappa shape index (κ2) is 12.3. The minimum absolute atomic E-state index is 0.138. The van der Waals surface area contributed by atoms with Crippen LogP contribution in [0.1, 0.15) is 26.7 Å². The van der Waals surface area contributed by atoms with Gasteiger partial charge in [-0.15, -0.1) is 0 Å². The number of anilines is 2. The van der Waals surface area contributed by atoms with E-state index >= 15 is 0 Å². The Morgan fingerprint density at radius 3 is 1.68 bits per heavy atom. The zero-order valence-corrected chi connectivity index (χ0v) is 22.6. The van der Waals surface area contributed by atoms with Gasteiger partial charge in [0.25, 0.3) is 20.0 Å². The van der Waals surface area contributed by atoms with Crippen LogP contribution in [0.5, 0.6) is 17.2 Å². The molecule has 3 aromatic rings. The molecule has 206 valence electrons. The van der Waals surface area contributed by atoms with Crippen molar-refractivity contribution in [3.63, 3.8) is 0 Å². The first-order valence-corrected chi connectivity index (χ1v) is 14.6. The van der Waals surface area contributed by atoms with Gasteiger partial charge in [0.05, 0.1) is 36.6 Å². The first kappa shape index (κ1) is 29.0. The zero-order chi connectivity index (χ0) is 27.9. The van der Waals surface area contributed by atoms with E-state index < -0.39 is 47.2 Å². The van der Waals surface area contributed by atoms with Crippen LogP contribution in [0.25, 0.3) is 0 Å². The van der Waals surface area contributed by atoms with Crippen LogP contribution in [-0.4, -0.2) is 37.2 Å². The molecule has 0 saturated heterocycles. The van der Waals surface area contributed by atoms with Crippen molar-refractivity contribution in [3.05, 3.63) is 66.2 Å². The molecule has 0 fully saturated rings. The summed E-state index contributed by atoms with van der Waals surface area (Å²) in [7, 11) is -7.83. The minimum atomic E-state index is -4.55. The molecule has 0 aromatic heterocycles. The lowest BCUT2D eigenvalue weighted by Crippen LogP contribution is -2.18. The van der Waals surface area contributed by atoms with Crippen LogP contribution in [0.15, 0.2) is 64.4 Å². The van der Waals surface area contributed by atoms with Gasteiger partial charge in [-0.1, -0.05) is 26.0 Å². The molecular weight excluding hydrogens is 542 g/mol. The summed E-state index contributed by atoms with van der Waals surface area (Å²) in [6, 6.07) is 11.0. The molecule has 0 radical (unpaired) electrons. The molecule has 3 aromatic carbocycles. The van der Waals surface area contributed by atoms with Crippen LogP contribution in [0.4, 0.5) is 20.2 Å². The smallest absolute Gasteiger partial charge is 0.265 e. The molecule has 0 aliphatic heterocycles. The highest BCUT2D eigenvalue weighted by Crippen LogP contribution is 2.33. The molecule has 0 atom stereocenters. The highest BCUT2D eigenvalue weighted by atomic mass is 32.2. The lowest BCUT2D eigenvalue weighted by molar-refractivity contribution is 0.302. The fraction of sp³-hybridized carbons (Fsp3) is 0.280. The molecule has 0 amide bonds. The van der Waals surface area contributed by atoms with Gasteiger partial charge in [0.2, 0.25) is 0 Å². The van der Waals surface area contributed by atoms with E-state index in [2.05, 4.69) is 9.44 Å². The molecular formula is C25H28F2N2O7S2. The molecule has 0 saturated carbocycles. The number of sulfonamides is 2. The third kappa shape index (κ3) is 6.64. The number of nitrogens with one attached hydrogen (secondary N) is 2. The lowest BCUT2D eigenvalue weighted by atomic mass is 10.3. The Morgan fingerprint density at radius 1 is 0.711 bits per heavy atom. The van der Waals surface area contributed by atoms with Crippen molar-refractivity contribution in [1.29, 1.82) is 0 Å². The quantitative estimate of drug-likeness (QED) is 0.292. The van der Waals surface area contributed by atoms with Crippen molar-refractivity contribution in [2.45, 2.75) is 36.5 Å². The SMILES string of the molecule is CCCOc1cccc(NS(=O)(=O)c2ccc(OC)c(S(=O)(=O)Nc3cccc(OCCC)c3F)c2)c1F. The van der Waals surface area contributed by atoms with Crippen LogP contribution in [-0.2, 0) is 20.0 Å². The van der Waals surface area contributed by atoms with Gasteiger partial charge in [-0.05, 0) is 55.3 Å². The second-order valence-electron chi connectivity index (χ2n) is 7.96. The molecule has 0 unspecified atom stereocenters. The van der Waals surface area contributed by atoms with Crippen molar-refractivity contribution < 1.29 is 39.8 Å². The third-order valence-electron chi connectivity index (χ3n) is 5.07. The van der Waals surface area contributed by atoms with Gasteiger partial charge >= 0.3 is 0 Å². The van der Waals surface area contributed by atoms with Gasteiger partial charge in [-0.2, -0.15) is 0 Å². The van der Waals surface area contributed by atoms with E-state index in [-0.39, 0.29) is 36.1 Å². The molecule has 0 heterocycles. The summed E-state index contributed by atoms with van der Waals surface area (Å²) in [5.41, 5.74) is -0.791. The molecule has 0 aliphatic carbocycles. The van der Waals surface area contributed by atoms with Crippen LogP contribution >= 0.6 is 0 Å². The highest BCUT2D eigenvalue weighted by molar-refractivity contribution is 7.93. The number of ether oxygens (including phenoxy) is 3. The standard InChI is InChI=1S/C25H28F2N2O7S2/c1-4-14-35-21-10-6-8-18(24(21)26)28-37(30,31)17-12-13-20(34-3)23(16-17)38(32,33)29-19-9-7-11-22(25(19)27)36-15-5-2/h6-13,16,28-29H,4-5,14-15H2,1-3H3. The number of hydrogen-bond acceptors (Lipinski definition) is 7. The van der Waals surface area contributed by atoms with Crippen molar-refractivity contribution in [3.8, 4) is 17.2 Å². The molecule has 3 rings (SSSR count). The zero-order valence-electron chi connectivity index (χ0n) is 21.0. The average molecular weight is 571 g/mol. The lowest BCUT2D eigenvalue weighted by Gasteiger charge is -2.16. The summed E-state index contributed by atoms with van der Waals surface area (Å²) < 4.78 is 102. The van der Waals surface area contributed by atoms with Crippen molar-refractivity contribution in [1.82, 2.24) is 0 Å². The first-order valence-electron chi connectivity index (χ1n) is 11.6. The maximum absolute atomic E-state index is 14.8. The van der Waals surface area contributed by atoms with Crippen LogP contribution in [0.2, 0.25) is 0 Å². The van der Waals surface area contributed by atoms with E-state index in [1.54, 1.807) is 0 Å². The summed E-state index contributed by atoms with van der Waals surface area (Å²) in [6.45, 7) is 4.12. The van der Waals surface area contributed by atoms with E-state index in [0.29, 0.717) is 12.8 Å². The second-order valence-corrected chi connectivity index (χ2v) is 11.3. The normalized spacial score (nSPS) is 11.6. The number of benzene rings is 3. The predicted molar refractivity (Wildman–Crippen MR) is 139 cm³/mol. The number of rotatable bonds is 13. The Morgan fingerprint density at radius 2 is 1.21 bits per heavy atom. The maximum atomic E-state index is 14.8. The van der Waals surface area contributed by atoms with E-state index in [1.807, 2.05) is 13.8 Å². The van der Waals surface area contributed by atoms with Crippen LogP contribution < -0.4 is 23.7 Å². The van der Waals surface area contributed by atoms with Gasteiger partial charge < -0.3 is 14.2 Å². The van der Waals surface area contributed by atoms with E-state index in [0.717, 1.165) is 18.2 Å². The summed E-state index contributed by atoms with van der Waals surface area (Å²) >= 11 is 0. The first-order chi connectivity index (χ1) is 18.0. The van der Waals surface area contributed by atoms with Gasteiger partial charge in [0.1, 0.15) is 10.6 Å². The number of hydrogen-bond donors (Lipinski definition) is 2. The summed E-state index contributed by atoms with van der Waals surface area (Å²) in [6.07, 6.45) is 1.23. The fourth-order valence-corrected chi connectivity index (χ4v) is 5.68. The summed E-state index contributed by atoms with van der Waals surface area (Å²) in [4.78, 5) is -1.08. The largest absolute Gasteiger partial charge is 0.495 e. The monoisotopic (exact) mass is 570 g/mol. The Kier molecular flexibility index (Phi) is 9.39. The summed E-state index contributed by atoms with van der Waals surface area (Å²) in [5, 5.41) is 0. The van der Waals surface area contributed by atoms with Crippen molar-refractivity contribution >= 4 is 31.4 Å². The Hall–Kier alpha value is -3.58. The topological polar surface area (TPSA) is 120 Å². The predicted octanol–water partition coefficient (Wildman–Crippen LogP) is 5.15. The number of methoxy groups -OCH3 is 1. The molecule has 0 bridgehead atoms. The molecule has 38 heavy (non-hydrogen) atoms. The van der Waals surface area contributed by atoms with E-state index in [9.17, 15) is 25.6 Å². The van der Waals surface area contributed by atoms with Gasteiger partial charge in [0, 0.05) is 0 Å². The maximum Gasteiger partial charge on any atom is 0.265 e. The summed E-state index contributed by atoms with van der Waals surface area (Å²) in [5.74, 6) is -2.34. The van der Waals surface area contributed by atoms with Gasteiger partial charge in [0.15, 0.2) is 23.1 Å². The van der Waals surface area contributed by atoms with E-state index in [1.165, 1.54) is 43.5 Å². The Labute approximate surface area is 220 Å². The minimum Gasteiger partial charge on any atom is -0.495 e. The molecule has 13 heteroatoms. The average Bonchev–Trinajstić information content (AvgIpc) is 2.89. The molecule has 0 spiro atoms. The highest BCUT2D eigenvalue weighted by Gasteiger charge is 2.26. The van der Waals surface area contributed by atoms with Crippen LogP contribution in [0, 0.1) is 11.6 Å². The van der Waals surface area contributed by atoms with Crippen LogP contribution in [0.3, 0.4) is 0 Å². The van der Waals surface area contributed by atoms with E-state index in [4.69, 9.17) is 14.2 Å². The Balaban J connectivity index is 1.97. The Bertz CT molecular complexity index is 1500. The fourth-order valence-electron chi connectivity index (χ4n) is 3.26. The number of halogens is 2. The molecule has 0 aliphatic rings. The molecule has 9 nitrogen and oxygen atoms in total. The van der Waals surface area contributed by atoms with Gasteiger partial charge in [-0.25, -0.2) is 25.6 Å². The van der Waals surface area contributed by atoms with Crippen molar-refractivity contribution in [2.24, 2.45) is 0 Å². The van der Waals surface area contributed by atoms with Gasteiger partial charge in [-0.3, -0.25) is 9.44 Å².